The van der Waals surface area contributed by atoms with Crippen LogP contribution in [0.1, 0.15) is 33.6 Å². The molecule has 1 aromatic heterocycles. The lowest BCUT2D eigenvalue weighted by Gasteiger charge is -2.20. The molecule has 4 nitrogen and oxygen atoms in total. The highest BCUT2D eigenvalue weighted by atomic mass is 35.5. The lowest BCUT2D eigenvalue weighted by Crippen LogP contribution is -2.25. The maximum absolute atomic E-state index is 6.10. The van der Waals surface area contributed by atoms with Crippen LogP contribution < -0.4 is 5.32 Å². The molecule has 0 aliphatic heterocycles. The number of fused-ring (bicyclic) bond motifs is 1. The summed E-state index contributed by atoms with van der Waals surface area (Å²) in [7, 11) is 0. The Balaban J connectivity index is 1.97. The first kappa shape index (κ1) is 17.0. The van der Waals surface area contributed by atoms with Crippen LogP contribution in [0.15, 0.2) is 24.4 Å². The fourth-order valence-electron chi connectivity index (χ4n) is 2.62. The van der Waals surface area contributed by atoms with Gasteiger partial charge in [-0.25, -0.2) is 0 Å². The second kappa shape index (κ2) is 8.30. The van der Waals surface area contributed by atoms with E-state index in [1.54, 1.807) is 6.20 Å². The standard InChI is InChI=1S/C17H25ClN4/c1-4-22(5-2)10-6-7-13(3)20-17-16-11-15(18)9-8-14(16)12-19-21-17/h8-9,11-13H,4-7,10H2,1-3H3,(H,20,21)/t13-/m0/s1. The van der Waals surface area contributed by atoms with Crippen LogP contribution in [0.2, 0.25) is 5.02 Å². The van der Waals surface area contributed by atoms with Gasteiger partial charge in [-0.15, -0.1) is 5.10 Å². The maximum atomic E-state index is 6.10. The van der Waals surface area contributed by atoms with E-state index in [9.17, 15) is 0 Å². The molecule has 120 valence electrons. The monoisotopic (exact) mass is 320 g/mol. The molecule has 0 radical (unpaired) electrons. The van der Waals surface area contributed by atoms with E-state index in [0.29, 0.717) is 6.04 Å². The van der Waals surface area contributed by atoms with E-state index < -0.39 is 0 Å². The fraction of sp³-hybridized carbons (Fsp3) is 0.529. The third-order valence-corrected chi connectivity index (χ3v) is 4.25. The van der Waals surface area contributed by atoms with Crippen LogP contribution >= 0.6 is 11.6 Å². The molecule has 0 aliphatic rings. The zero-order chi connectivity index (χ0) is 15.9. The molecule has 1 N–H and O–H groups in total. The van der Waals surface area contributed by atoms with Gasteiger partial charge < -0.3 is 10.2 Å². The Bertz CT molecular complexity index is 598. The highest BCUT2D eigenvalue weighted by Crippen LogP contribution is 2.24. The molecule has 1 aromatic carbocycles. The number of nitrogens with zero attached hydrogens (tertiary/aromatic N) is 3. The van der Waals surface area contributed by atoms with Gasteiger partial charge in [0.25, 0.3) is 0 Å². The van der Waals surface area contributed by atoms with Gasteiger partial charge in [-0.3, -0.25) is 0 Å². The summed E-state index contributed by atoms with van der Waals surface area (Å²) in [6, 6.07) is 6.15. The van der Waals surface area contributed by atoms with Crippen molar-refractivity contribution in [2.24, 2.45) is 0 Å². The van der Waals surface area contributed by atoms with Crippen LogP contribution in [0.4, 0.5) is 5.82 Å². The van der Waals surface area contributed by atoms with Crippen molar-refractivity contribution in [2.75, 3.05) is 25.0 Å². The average molecular weight is 321 g/mol. The Hall–Kier alpha value is -1.39. The molecule has 0 spiro atoms. The van der Waals surface area contributed by atoms with Gasteiger partial charge >= 0.3 is 0 Å². The Morgan fingerprint density at radius 2 is 2.05 bits per heavy atom. The molecule has 5 heteroatoms. The highest BCUT2D eigenvalue weighted by molar-refractivity contribution is 6.31. The summed E-state index contributed by atoms with van der Waals surface area (Å²) in [6.07, 6.45) is 4.05. The van der Waals surface area contributed by atoms with Gasteiger partial charge in [0.1, 0.15) is 0 Å². The van der Waals surface area contributed by atoms with E-state index in [1.165, 1.54) is 6.42 Å². The number of hydrogen-bond acceptors (Lipinski definition) is 4. The van der Waals surface area contributed by atoms with E-state index >= 15 is 0 Å². The van der Waals surface area contributed by atoms with Crippen molar-refractivity contribution in [3.8, 4) is 0 Å². The Morgan fingerprint density at radius 3 is 2.77 bits per heavy atom. The molecule has 0 saturated heterocycles. The summed E-state index contributed by atoms with van der Waals surface area (Å²) in [5, 5.41) is 14.6. The van der Waals surface area contributed by atoms with Crippen molar-refractivity contribution >= 4 is 28.2 Å². The molecule has 2 aromatic rings. The number of aromatic nitrogens is 2. The zero-order valence-electron chi connectivity index (χ0n) is 13.6. The van der Waals surface area contributed by atoms with E-state index in [1.807, 2.05) is 18.2 Å². The van der Waals surface area contributed by atoms with Crippen LogP contribution in [0.3, 0.4) is 0 Å². The largest absolute Gasteiger partial charge is 0.366 e. The van der Waals surface area contributed by atoms with Gasteiger partial charge in [-0.2, -0.15) is 5.10 Å². The fourth-order valence-corrected chi connectivity index (χ4v) is 2.79. The topological polar surface area (TPSA) is 41.0 Å². The zero-order valence-corrected chi connectivity index (χ0v) is 14.4. The smallest absolute Gasteiger partial charge is 0.156 e. The summed E-state index contributed by atoms with van der Waals surface area (Å²) in [5.41, 5.74) is 0. The third-order valence-electron chi connectivity index (χ3n) is 4.01. The van der Waals surface area contributed by atoms with Crippen LogP contribution in [0.25, 0.3) is 10.8 Å². The minimum Gasteiger partial charge on any atom is -0.366 e. The lowest BCUT2D eigenvalue weighted by atomic mass is 10.1. The molecule has 2 rings (SSSR count). The molecule has 0 aliphatic carbocycles. The van der Waals surface area contributed by atoms with Gasteiger partial charge in [0.05, 0.1) is 6.20 Å². The first-order chi connectivity index (χ1) is 10.6. The predicted octanol–water partition coefficient (Wildman–Crippen LogP) is 4.21. The lowest BCUT2D eigenvalue weighted by molar-refractivity contribution is 0.295. The Morgan fingerprint density at radius 1 is 1.27 bits per heavy atom. The Kier molecular flexibility index (Phi) is 6.40. The molecule has 0 fully saturated rings. The van der Waals surface area contributed by atoms with Crippen molar-refractivity contribution in [1.82, 2.24) is 15.1 Å². The van der Waals surface area contributed by atoms with Gasteiger partial charge in [0.15, 0.2) is 5.82 Å². The molecule has 22 heavy (non-hydrogen) atoms. The van der Waals surface area contributed by atoms with Crippen molar-refractivity contribution in [2.45, 2.75) is 39.7 Å². The van der Waals surface area contributed by atoms with Crippen molar-refractivity contribution < 1.29 is 0 Å². The van der Waals surface area contributed by atoms with Crippen molar-refractivity contribution in [3.63, 3.8) is 0 Å². The molecule has 1 heterocycles. The SMILES string of the molecule is CCN(CC)CCC[C@H](C)Nc1nncc2ccc(Cl)cc12. The predicted molar refractivity (Wildman–Crippen MR) is 94.7 cm³/mol. The summed E-state index contributed by atoms with van der Waals surface area (Å²) >= 11 is 6.10. The number of anilines is 1. The van der Waals surface area contributed by atoms with Crippen LogP contribution in [0, 0.1) is 0 Å². The molecule has 0 amide bonds. The van der Waals surface area contributed by atoms with E-state index in [4.69, 9.17) is 11.6 Å². The number of halogens is 1. The molecule has 0 saturated carbocycles. The van der Waals surface area contributed by atoms with Crippen LogP contribution in [-0.4, -0.2) is 40.8 Å². The minimum atomic E-state index is 0.356. The molecule has 1 atom stereocenters. The molecule has 0 unspecified atom stereocenters. The number of benzene rings is 1. The molecular formula is C17H25ClN4. The summed E-state index contributed by atoms with van der Waals surface area (Å²) in [4.78, 5) is 2.45. The highest BCUT2D eigenvalue weighted by Gasteiger charge is 2.09. The first-order valence-electron chi connectivity index (χ1n) is 8.03. The van der Waals surface area contributed by atoms with Gasteiger partial charge in [0.2, 0.25) is 0 Å². The first-order valence-corrected chi connectivity index (χ1v) is 8.41. The normalized spacial score (nSPS) is 12.8. The third kappa shape index (κ3) is 4.55. The van der Waals surface area contributed by atoms with Gasteiger partial charge in [-0.1, -0.05) is 31.5 Å². The second-order valence-electron chi connectivity index (χ2n) is 5.64. The van der Waals surface area contributed by atoms with Gasteiger partial charge in [-0.05, 0) is 51.5 Å². The summed E-state index contributed by atoms with van der Waals surface area (Å²) in [5.74, 6) is 0.815. The van der Waals surface area contributed by atoms with E-state index in [0.717, 1.165) is 47.7 Å². The number of hydrogen-bond donors (Lipinski definition) is 1. The maximum Gasteiger partial charge on any atom is 0.156 e. The van der Waals surface area contributed by atoms with E-state index in [-0.39, 0.29) is 0 Å². The number of nitrogens with one attached hydrogen (secondary N) is 1. The van der Waals surface area contributed by atoms with Crippen molar-refractivity contribution in [3.05, 3.63) is 29.4 Å². The number of rotatable bonds is 8. The van der Waals surface area contributed by atoms with Gasteiger partial charge in [0, 0.05) is 21.8 Å². The summed E-state index contributed by atoms with van der Waals surface area (Å²) in [6.45, 7) is 9.98. The van der Waals surface area contributed by atoms with Crippen LogP contribution in [-0.2, 0) is 0 Å². The molecular weight excluding hydrogens is 296 g/mol. The van der Waals surface area contributed by atoms with Crippen LogP contribution in [0.5, 0.6) is 0 Å². The minimum absolute atomic E-state index is 0.356. The Labute approximate surface area is 137 Å². The second-order valence-corrected chi connectivity index (χ2v) is 6.08. The van der Waals surface area contributed by atoms with Crippen molar-refractivity contribution in [1.29, 1.82) is 0 Å². The molecule has 0 bridgehead atoms. The quantitative estimate of drug-likeness (QED) is 0.791. The average Bonchev–Trinajstić information content (AvgIpc) is 2.52. The summed E-state index contributed by atoms with van der Waals surface area (Å²) < 4.78 is 0. The van der Waals surface area contributed by atoms with E-state index in [2.05, 4.69) is 41.2 Å².